The minimum atomic E-state index is -0.118. The first kappa shape index (κ1) is 22.1. The Balaban J connectivity index is 1.74. The van der Waals surface area contributed by atoms with E-state index in [-0.39, 0.29) is 30.4 Å². The lowest BCUT2D eigenvalue weighted by Crippen LogP contribution is -2.46. The van der Waals surface area contributed by atoms with Crippen LogP contribution in [0.2, 0.25) is 0 Å². The van der Waals surface area contributed by atoms with E-state index in [1.165, 1.54) is 0 Å². The largest absolute Gasteiger partial charge is 0.467 e. The maximum atomic E-state index is 13.3. The van der Waals surface area contributed by atoms with Crippen LogP contribution in [0.4, 0.5) is 0 Å². The highest BCUT2D eigenvalue weighted by Crippen LogP contribution is 2.17. The molecule has 0 N–H and O–H groups in total. The first-order chi connectivity index (χ1) is 14.4. The van der Waals surface area contributed by atoms with Gasteiger partial charge >= 0.3 is 0 Å². The quantitative estimate of drug-likeness (QED) is 0.627. The van der Waals surface area contributed by atoms with Gasteiger partial charge in [0.2, 0.25) is 5.91 Å². The maximum absolute atomic E-state index is 13.3. The van der Waals surface area contributed by atoms with E-state index in [4.69, 9.17) is 9.15 Å². The van der Waals surface area contributed by atoms with Crippen molar-refractivity contribution in [2.75, 3.05) is 26.2 Å². The van der Waals surface area contributed by atoms with E-state index in [0.29, 0.717) is 25.2 Å². The van der Waals surface area contributed by atoms with Gasteiger partial charge in [-0.3, -0.25) is 9.59 Å². The average molecular weight is 413 g/mol. The van der Waals surface area contributed by atoms with Crippen LogP contribution in [0, 0.1) is 12.8 Å². The van der Waals surface area contributed by atoms with Crippen molar-refractivity contribution in [3.63, 3.8) is 0 Å². The number of hydrogen-bond donors (Lipinski definition) is 0. The van der Waals surface area contributed by atoms with Crippen LogP contribution in [0.1, 0.15) is 48.4 Å². The summed E-state index contributed by atoms with van der Waals surface area (Å²) in [6, 6.07) is 11.2. The molecule has 1 saturated heterocycles. The van der Waals surface area contributed by atoms with Crippen LogP contribution in [0.5, 0.6) is 0 Å². The molecule has 1 aliphatic rings. The molecule has 2 heterocycles. The molecule has 30 heavy (non-hydrogen) atoms. The predicted octanol–water partition coefficient (Wildman–Crippen LogP) is 3.89. The molecule has 1 aromatic carbocycles. The van der Waals surface area contributed by atoms with E-state index in [0.717, 1.165) is 30.8 Å². The van der Waals surface area contributed by atoms with Crippen LogP contribution < -0.4 is 0 Å². The summed E-state index contributed by atoms with van der Waals surface area (Å²) in [7, 11) is 0. The standard InChI is InChI=1S/C24H32N2O4/c1-18(2)14-26(24(28)20-10-8-19(3)9-11-20)17-23(27)25(15-21-6-4-12-29-21)16-22-7-5-13-30-22/h4,6,8-12,18,22H,5,7,13-17H2,1-3H3. The second-order valence-electron chi connectivity index (χ2n) is 8.43. The first-order valence-electron chi connectivity index (χ1n) is 10.7. The molecular formula is C24H32N2O4. The van der Waals surface area contributed by atoms with Gasteiger partial charge < -0.3 is 19.0 Å². The van der Waals surface area contributed by atoms with Crippen molar-refractivity contribution in [3.05, 3.63) is 59.5 Å². The number of benzene rings is 1. The smallest absolute Gasteiger partial charge is 0.254 e. The van der Waals surface area contributed by atoms with Gasteiger partial charge in [-0.1, -0.05) is 31.5 Å². The van der Waals surface area contributed by atoms with Crippen molar-refractivity contribution < 1.29 is 18.7 Å². The fourth-order valence-electron chi connectivity index (χ4n) is 3.68. The minimum Gasteiger partial charge on any atom is -0.467 e. The summed E-state index contributed by atoms with van der Waals surface area (Å²) in [6.07, 6.45) is 3.60. The second kappa shape index (κ2) is 10.4. The van der Waals surface area contributed by atoms with E-state index in [1.54, 1.807) is 16.1 Å². The Kier molecular flexibility index (Phi) is 7.69. The van der Waals surface area contributed by atoms with Crippen molar-refractivity contribution in [2.24, 2.45) is 5.92 Å². The molecule has 1 unspecified atom stereocenters. The third kappa shape index (κ3) is 6.20. The molecule has 3 rings (SSSR count). The van der Waals surface area contributed by atoms with Gasteiger partial charge in [-0.05, 0) is 49.9 Å². The van der Waals surface area contributed by atoms with Crippen LogP contribution in [0.15, 0.2) is 47.1 Å². The normalized spacial score (nSPS) is 16.1. The number of amides is 2. The zero-order valence-corrected chi connectivity index (χ0v) is 18.2. The third-order valence-electron chi connectivity index (χ3n) is 5.22. The monoisotopic (exact) mass is 412 g/mol. The lowest BCUT2D eigenvalue weighted by molar-refractivity contribution is -0.134. The Labute approximate surface area is 178 Å². The molecule has 0 saturated carbocycles. The van der Waals surface area contributed by atoms with Crippen molar-refractivity contribution in [1.82, 2.24) is 9.80 Å². The molecule has 1 aliphatic heterocycles. The molecule has 2 aromatic rings. The average Bonchev–Trinajstić information content (AvgIpc) is 3.41. The van der Waals surface area contributed by atoms with Crippen LogP contribution in [0.3, 0.4) is 0 Å². The zero-order valence-electron chi connectivity index (χ0n) is 18.2. The third-order valence-corrected chi connectivity index (χ3v) is 5.22. The topological polar surface area (TPSA) is 63.0 Å². The van der Waals surface area contributed by atoms with Gasteiger partial charge in [0.25, 0.3) is 5.91 Å². The highest BCUT2D eigenvalue weighted by Gasteiger charge is 2.27. The van der Waals surface area contributed by atoms with Gasteiger partial charge in [-0.15, -0.1) is 0 Å². The summed E-state index contributed by atoms with van der Waals surface area (Å²) < 4.78 is 11.2. The molecule has 1 atom stereocenters. The van der Waals surface area contributed by atoms with Crippen molar-refractivity contribution >= 4 is 11.8 Å². The number of nitrogens with zero attached hydrogens (tertiary/aromatic N) is 2. The Morgan fingerprint density at radius 1 is 1.13 bits per heavy atom. The van der Waals surface area contributed by atoms with Gasteiger partial charge in [0.1, 0.15) is 12.3 Å². The molecule has 2 amide bonds. The number of aryl methyl sites for hydroxylation is 1. The van der Waals surface area contributed by atoms with Crippen LogP contribution >= 0.6 is 0 Å². The number of carbonyl (C=O) groups is 2. The lowest BCUT2D eigenvalue weighted by Gasteiger charge is -2.29. The van der Waals surface area contributed by atoms with E-state index >= 15 is 0 Å². The Hall–Kier alpha value is -2.60. The van der Waals surface area contributed by atoms with Gasteiger partial charge in [0.15, 0.2) is 0 Å². The number of ether oxygens (including phenoxy) is 1. The second-order valence-corrected chi connectivity index (χ2v) is 8.43. The van der Waals surface area contributed by atoms with Crippen molar-refractivity contribution in [2.45, 2.75) is 46.3 Å². The van der Waals surface area contributed by atoms with Crippen LogP contribution in [-0.4, -0.2) is 54.0 Å². The molecule has 0 aliphatic carbocycles. The molecule has 0 radical (unpaired) electrons. The van der Waals surface area contributed by atoms with Crippen LogP contribution in [-0.2, 0) is 16.1 Å². The Morgan fingerprint density at radius 2 is 1.90 bits per heavy atom. The summed E-state index contributed by atoms with van der Waals surface area (Å²) in [4.78, 5) is 29.8. The fourth-order valence-corrected chi connectivity index (χ4v) is 3.68. The number of carbonyl (C=O) groups excluding carboxylic acids is 2. The fraction of sp³-hybridized carbons (Fsp3) is 0.500. The summed E-state index contributed by atoms with van der Waals surface area (Å²) in [5.74, 6) is 0.764. The zero-order chi connectivity index (χ0) is 21.5. The lowest BCUT2D eigenvalue weighted by atomic mass is 10.1. The van der Waals surface area contributed by atoms with Crippen molar-refractivity contribution in [1.29, 1.82) is 0 Å². The summed E-state index contributed by atoms with van der Waals surface area (Å²) in [5, 5.41) is 0. The molecule has 162 valence electrons. The Bertz CT molecular complexity index is 808. The SMILES string of the molecule is Cc1ccc(C(=O)N(CC(=O)N(Cc2ccco2)CC2CCCO2)CC(C)C)cc1. The van der Waals surface area contributed by atoms with Crippen LogP contribution in [0.25, 0.3) is 0 Å². The molecular weight excluding hydrogens is 380 g/mol. The van der Waals surface area contributed by atoms with E-state index in [9.17, 15) is 9.59 Å². The van der Waals surface area contributed by atoms with Gasteiger partial charge in [-0.2, -0.15) is 0 Å². The highest BCUT2D eigenvalue weighted by molar-refractivity contribution is 5.96. The predicted molar refractivity (Wildman–Crippen MR) is 115 cm³/mol. The van der Waals surface area contributed by atoms with E-state index in [1.807, 2.05) is 57.2 Å². The van der Waals surface area contributed by atoms with E-state index < -0.39 is 0 Å². The van der Waals surface area contributed by atoms with Crippen molar-refractivity contribution in [3.8, 4) is 0 Å². The number of furan rings is 1. The highest BCUT2D eigenvalue weighted by atomic mass is 16.5. The van der Waals surface area contributed by atoms with Gasteiger partial charge in [-0.25, -0.2) is 0 Å². The molecule has 6 nitrogen and oxygen atoms in total. The van der Waals surface area contributed by atoms with Gasteiger partial charge in [0.05, 0.1) is 18.9 Å². The molecule has 6 heteroatoms. The molecule has 0 bridgehead atoms. The number of hydrogen-bond acceptors (Lipinski definition) is 4. The molecule has 1 fully saturated rings. The number of rotatable bonds is 9. The van der Waals surface area contributed by atoms with E-state index in [2.05, 4.69) is 0 Å². The van der Waals surface area contributed by atoms with Gasteiger partial charge in [0, 0.05) is 25.3 Å². The Morgan fingerprint density at radius 3 is 2.50 bits per heavy atom. The summed E-state index contributed by atoms with van der Waals surface area (Å²) >= 11 is 0. The first-order valence-corrected chi connectivity index (χ1v) is 10.7. The summed E-state index contributed by atoms with van der Waals surface area (Å²) in [5.41, 5.74) is 1.70. The molecule has 0 spiro atoms. The molecule has 1 aromatic heterocycles. The summed E-state index contributed by atoms with van der Waals surface area (Å²) in [6.45, 7) is 8.26. The maximum Gasteiger partial charge on any atom is 0.254 e. The minimum absolute atomic E-state index is 0.0373.